The molecule has 4 nitrogen and oxygen atoms in total. The fraction of sp³-hybridized carbons (Fsp3) is 0.529. The van der Waals surface area contributed by atoms with E-state index >= 15 is 0 Å². The zero-order valence-corrected chi connectivity index (χ0v) is 16.1. The van der Waals surface area contributed by atoms with Gasteiger partial charge in [0, 0.05) is 17.8 Å². The zero-order valence-electron chi connectivity index (χ0n) is 14.5. The van der Waals surface area contributed by atoms with E-state index in [9.17, 15) is 18.0 Å². The highest BCUT2D eigenvalue weighted by Gasteiger charge is 2.31. The number of carbonyl (C=O) groups is 1. The molecule has 0 saturated carbocycles. The molecule has 0 bridgehead atoms. The predicted octanol–water partition coefficient (Wildman–Crippen LogP) is 4.80. The first-order valence-corrected chi connectivity index (χ1v) is 9.66. The van der Waals surface area contributed by atoms with Crippen molar-refractivity contribution in [2.45, 2.75) is 51.6 Å². The van der Waals surface area contributed by atoms with Crippen LogP contribution in [0.15, 0.2) is 24.3 Å². The van der Waals surface area contributed by atoms with Crippen LogP contribution in [0.25, 0.3) is 0 Å². The van der Waals surface area contributed by atoms with E-state index in [0.29, 0.717) is 22.1 Å². The topological polar surface area (TPSA) is 41.6 Å². The number of thioether (sulfide) groups is 1. The number of benzene rings is 1. The molecule has 2 unspecified atom stereocenters. The van der Waals surface area contributed by atoms with Crippen molar-refractivity contribution in [1.82, 2.24) is 4.90 Å². The number of hydrogen-bond acceptors (Lipinski definition) is 4. The molecule has 2 rings (SSSR count). The smallest absolute Gasteiger partial charge is 0.406 e. The van der Waals surface area contributed by atoms with E-state index in [0.717, 1.165) is 25.0 Å². The Morgan fingerprint density at radius 3 is 2.38 bits per heavy atom. The lowest BCUT2D eigenvalue weighted by Gasteiger charge is -2.40. The molecule has 9 heteroatoms. The van der Waals surface area contributed by atoms with Crippen LogP contribution >= 0.6 is 24.0 Å². The monoisotopic (exact) mass is 406 g/mol. The summed E-state index contributed by atoms with van der Waals surface area (Å²) in [6.07, 6.45) is -1.38. The molecule has 0 radical (unpaired) electrons. The van der Waals surface area contributed by atoms with E-state index < -0.39 is 6.36 Å². The SMILES string of the molecule is CC1CCCC(C)N1C(=S)SCC(=O)Nc1ccc(OC(F)(F)F)cc1. The van der Waals surface area contributed by atoms with Crippen molar-refractivity contribution in [2.24, 2.45) is 0 Å². The minimum absolute atomic E-state index is 0.148. The molecule has 1 aromatic carbocycles. The second kappa shape index (κ2) is 8.94. The summed E-state index contributed by atoms with van der Waals surface area (Å²) in [6.45, 7) is 4.26. The lowest BCUT2D eigenvalue weighted by atomic mass is 9.99. The fourth-order valence-electron chi connectivity index (χ4n) is 2.92. The number of nitrogens with one attached hydrogen (secondary N) is 1. The summed E-state index contributed by atoms with van der Waals surface area (Å²) < 4.78 is 40.9. The molecule has 2 atom stereocenters. The number of amides is 1. The van der Waals surface area contributed by atoms with Crippen LogP contribution in [0.3, 0.4) is 0 Å². The molecule has 0 spiro atoms. The first-order valence-electron chi connectivity index (χ1n) is 8.26. The summed E-state index contributed by atoms with van der Waals surface area (Å²) in [4.78, 5) is 14.2. The maximum atomic E-state index is 12.1. The number of piperidine rings is 1. The van der Waals surface area contributed by atoms with Crippen molar-refractivity contribution in [3.8, 4) is 5.75 Å². The number of halogens is 3. The number of anilines is 1. The fourth-order valence-corrected chi connectivity index (χ4v) is 4.29. The summed E-state index contributed by atoms with van der Waals surface area (Å²) >= 11 is 6.77. The lowest BCUT2D eigenvalue weighted by molar-refractivity contribution is -0.274. The second-order valence-electron chi connectivity index (χ2n) is 6.21. The lowest BCUT2D eigenvalue weighted by Crippen LogP contribution is -2.45. The molecule has 0 aromatic heterocycles. The molecule has 1 N–H and O–H groups in total. The van der Waals surface area contributed by atoms with Gasteiger partial charge in [-0.2, -0.15) is 0 Å². The minimum atomic E-state index is -4.74. The van der Waals surface area contributed by atoms with Gasteiger partial charge in [0.1, 0.15) is 10.1 Å². The average Bonchev–Trinajstić information content (AvgIpc) is 2.53. The summed E-state index contributed by atoms with van der Waals surface area (Å²) in [5.74, 6) is -0.450. The van der Waals surface area contributed by atoms with Gasteiger partial charge in [-0.3, -0.25) is 4.79 Å². The van der Waals surface area contributed by atoms with E-state index in [2.05, 4.69) is 28.8 Å². The molecule has 144 valence electrons. The second-order valence-corrected chi connectivity index (χ2v) is 7.82. The third kappa shape index (κ3) is 6.35. The summed E-state index contributed by atoms with van der Waals surface area (Å²) in [7, 11) is 0. The van der Waals surface area contributed by atoms with Gasteiger partial charge in [0.2, 0.25) is 5.91 Å². The zero-order chi connectivity index (χ0) is 19.3. The van der Waals surface area contributed by atoms with Crippen LogP contribution < -0.4 is 10.1 Å². The van der Waals surface area contributed by atoms with Gasteiger partial charge in [-0.05, 0) is 57.4 Å². The third-order valence-electron chi connectivity index (χ3n) is 4.10. The Hall–Kier alpha value is -1.48. The highest BCUT2D eigenvalue weighted by atomic mass is 32.2. The van der Waals surface area contributed by atoms with Crippen molar-refractivity contribution in [1.29, 1.82) is 0 Å². The summed E-state index contributed by atoms with van der Waals surface area (Å²) in [6, 6.07) is 5.75. The number of ether oxygens (including phenoxy) is 1. The highest BCUT2D eigenvalue weighted by molar-refractivity contribution is 8.23. The Balaban J connectivity index is 1.82. The Morgan fingerprint density at radius 1 is 1.27 bits per heavy atom. The van der Waals surface area contributed by atoms with Crippen LogP contribution in [0, 0.1) is 0 Å². The molecule has 0 aliphatic carbocycles. The Labute approximate surface area is 160 Å². The van der Waals surface area contributed by atoms with Crippen molar-refractivity contribution < 1.29 is 22.7 Å². The molecule has 1 aromatic rings. The Bertz CT molecular complexity index is 628. The Kier molecular flexibility index (Phi) is 7.16. The quantitative estimate of drug-likeness (QED) is 0.727. The van der Waals surface area contributed by atoms with Gasteiger partial charge in [0.15, 0.2) is 0 Å². The van der Waals surface area contributed by atoms with Crippen LogP contribution in [-0.4, -0.2) is 39.3 Å². The molecule has 1 heterocycles. The molecular formula is C17H21F3N2O2S2. The normalized spacial score (nSPS) is 20.6. The molecule has 1 saturated heterocycles. The van der Waals surface area contributed by atoms with Gasteiger partial charge < -0.3 is 15.0 Å². The molecular weight excluding hydrogens is 385 g/mol. The first kappa shape index (κ1) is 20.8. The molecule has 1 aliphatic rings. The van der Waals surface area contributed by atoms with Crippen molar-refractivity contribution >= 4 is 39.9 Å². The van der Waals surface area contributed by atoms with Crippen LogP contribution in [0.2, 0.25) is 0 Å². The first-order chi connectivity index (χ1) is 12.2. The van der Waals surface area contributed by atoms with E-state index in [4.69, 9.17) is 12.2 Å². The standard InChI is InChI=1S/C17H21F3N2O2S2/c1-11-4-3-5-12(2)22(11)16(25)26-10-15(23)21-13-6-8-14(9-7-13)24-17(18,19)20/h6-9,11-12H,3-5,10H2,1-2H3,(H,21,23). The maximum absolute atomic E-state index is 12.1. The highest BCUT2D eigenvalue weighted by Crippen LogP contribution is 2.27. The maximum Gasteiger partial charge on any atom is 0.573 e. The largest absolute Gasteiger partial charge is 0.573 e. The van der Waals surface area contributed by atoms with Crippen LogP contribution in [0.4, 0.5) is 18.9 Å². The molecule has 1 aliphatic heterocycles. The van der Waals surface area contributed by atoms with Crippen molar-refractivity contribution in [2.75, 3.05) is 11.1 Å². The number of nitrogens with zero attached hydrogens (tertiary/aromatic N) is 1. The minimum Gasteiger partial charge on any atom is -0.406 e. The summed E-state index contributed by atoms with van der Waals surface area (Å²) in [5.41, 5.74) is 0.399. The van der Waals surface area contributed by atoms with Crippen molar-refractivity contribution in [3.63, 3.8) is 0 Å². The van der Waals surface area contributed by atoms with Crippen LogP contribution in [0.1, 0.15) is 33.1 Å². The van der Waals surface area contributed by atoms with E-state index in [-0.39, 0.29) is 17.4 Å². The number of hydrogen-bond donors (Lipinski definition) is 1. The average molecular weight is 406 g/mol. The van der Waals surface area contributed by atoms with E-state index in [1.165, 1.54) is 30.3 Å². The van der Waals surface area contributed by atoms with Crippen LogP contribution in [0.5, 0.6) is 5.75 Å². The number of thiocarbonyl (C=S) groups is 1. The van der Waals surface area contributed by atoms with Gasteiger partial charge in [-0.25, -0.2) is 0 Å². The Morgan fingerprint density at radius 2 is 1.85 bits per heavy atom. The van der Waals surface area contributed by atoms with Gasteiger partial charge in [0.25, 0.3) is 0 Å². The van der Waals surface area contributed by atoms with Gasteiger partial charge >= 0.3 is 6.36 Å². The third-order valence-corrected chi connectivity index (χ3v) is 5.53. The molecule has 1 amide bonds. The van der Waals surface area contributed by atoms with E-state index in [1.54, 1.807) is 0 Å². The van der Waals surface area contributed by atoms with E-state index in [1.807, 2.05) is 0 Å². The van der Waals surface area contributed by atoms with Crippen molar-refractivity contribution in [3.05, 3.63) is 24.3 Å². The number of carbonyl (C=O) groups excluding carboxylic acids is 1. The number of rotatable bonds is 4. The summed E-state index contributed by atoms with van der Waals surface area (Å²) in [5, 5.41) is 2.64. The van der Waals surface area contributed by atoms with Gasteiger partial charge in [-0.1, -0.05) is 24.0 Å². The predicted molar refractivity (Wildman–Crippen MR) is 101 cm³/mol. The van der Waals surface area contributed by atoms with Gasteiger partial charge in [0.05, 0.1) is 5.75 Å². The number of likely N-dealkylation sites (tertiary alicyclic amines) is 1. The van der Waals surface area contributed by atoms with Crippen LogP contribution in [-0.2, 0) is 4.79 Å². The van der Waals surface area contributed by atoms with Gasteiger partial charge in [-0.15, -0.1) is 13.2 Å². The number of alkyl halides is 3. The molecule has 1 fully saturated rings. The molecule has 26 heavy (non-hydrogen) atoms.